The molecule has 0 aromatic heterocycles. The summed E-state index contributed by atoms with van der Waals surface area (Å²) in [7, 11) is 15.0. The second-order valence-electron chi connectivity index (χ2n) is 32.3. The summed E-state index contributed by atoms with van der Waals surface area (Å²) >= 11 is 6.73. The first-order chi connectivity index (χ1) is 49.0. The van der Waals surface area contributed by atoms with E-state index in [2.05, 4.69) is 17.6 Å². The zero-order valence-electron chi connectivity index (χ0n) is 66.3. The average molecular weight is 1480 g/mol. The number of nitrogens with one attached hydrogen (secondary N) is 2. The minimum Gasteiger partial charge on any atom is -0.380 e. The van der Waals surface area contributed by atoms with Crippen LogP contribution >= 0.6 is 11.6 Å². The first-order valence-electron chi connectivity index (χ1n) is 38.7. The Morgan fingerprint density at radius 1 is 0.663 bits per heavy atom. The maximum Gasteiger partial charge on any atom is 0.249 e. The van der Waals surface area contributed by atoms with Gasteiger partial charge in [-0.1, -0.05) is 119 Å². The summed E-state index contributed by atoms with van der Waals surface area (Å²) in [5, 5.41) is 5.75. The molecule has 588 valence electrons. The number of methoxy groups -OCH3 is 1. The fraction of sp³-hybridized carbons (Fsp3) is 0.818. The standard InChI is InChI=1S/C77H129ClN12O14/c1-20-28-56-67(94)80-65(49(7)21-2)73(100)83(13)45-64(93)85(15)57-29-26-25-27-38-89(72(57)99)59(39-50-32-30-48(6)31-33-50)70(97)82(12)44-62(91)79-55(37-35-51-34-36-54(78)61(40-51)103-19)68(95)90-43-53(104-24-5)41-60(90)71(98)88(18)77(46-76(8,9)47-77)75(102)87(17)66(52(22-3)23-4)74(101)86(16)58(69(96)81(10)11)42-63(92)84(56)14/h25-26,48-61,65-66H,20-24,27-47H2,1-19H3,(H,79,91)(H,80,94)/b26-25-/t48?,49-,50?,51?,53+,54?,55-,56-,57-,58-,59-,60-,61?,65-,66-/m0/s1. The lowest BCUT2D eigenvalue weighted by Crippen LogP contribution is -2.71. The van der Waals surface area contributed by atoms with E-state index >= 15 is 28.8 Å². The van der Waals surface area contributed by atoms with Crippen molar-refractivity contribution in [3.05, 3.63) is 12.2 Å². The van der Waals surface area contributed by atoms with Crippen molar-refractivity contribution in [3.63, 3.8) is 0 Å². The summed E-state index contributed by atoms with van der Waals surface area (Å²) in [5.41, 5.74) is -2.03. The van der Waals surface area contributed by atoms with Gasteiger partial charge in [-0.3, -0.25) is 57.5 Å². The van der Waals surface area contributed by atoms with E-state index in [1.807, 2.05) is 60.6 Å². The van der Waals surface area contributed by atoms with Gasteiger partial charge in [0.05, 0.1) is 37.1 Å². The second-order valence-corrected chi connectivity index (χ2v) is 32.8. The third kappa shape index (κ3) is 20.6. The molecule has 13 atom stereocenters. The fourth-order valence-electron chi connectivity index (χ4n) is 17.2. The van der Waals surface area contributed by atoms with Gasteiger partial charge in [0.2, 0.25) is 70.9 Å². The van der Waals surface area contributed by atoms with Crippen LogP contribution in [-0.2, 0) is 67.0 Å². The largest absolute Gasteiger partial charge is 0.380 e. The van der Waals surface area contributed by atoms with Crippen molar-refractivity contribution in [2.24, 2.45) is 35.0 Å². The highest BCUT2D eigenvalue weighted by atomic mass is 35.5. The van der Waals surface area contributed by atoms with Crippen molar-refractivity contribution in [2.75, 3.05) is 103 Å². The quantitative estimate of drug-likeness (QED) is 0.134. The minimum atomic E-state index is -1.55. The number of ether oxygens (including phenoxy) is 2. The zero-order valence-corrected chi connectivity index (χ0v) is 67.1. The number of carbonyl (C=O) groups is 12. The van der Waals surface area contributed by atoms with Crippen LogP contribution in [0.15, 0.2) is 12.2 Å². The van der Waals surface area contributed by atoms with Crippen LogP contribution in [0.5, 0.6) is 0 Å². The first-order valence-corrected chi connectivity index (χ1v) is 39.1. The number of carbonyl (C=O) groups excluding carboxylic acids is 12. The lowest BCUT2D eigenvalue weighted by Gasteiger charge is -2.58. The Balaban J connectivity index is 1.50. The van der Waals surface area contributed by atoms with Crippen LogP contribution in [0.2, 0.25) is 0 Å². The van der Waals surface area contributed by atoms with Crippen molar-refractivity contribution in [2.45, 2.75) is 269 Å². The predicted molar refractivity (Wildman–Crippen MR) is 398 cm³/mol. The number of nitrogens with zero attached hydrogens (tertiary/aromatic N) is 10. The lowest BCUT2D eigenvalue weighted by molar-refractivity contribution is -0.174. The molecule has 5 fully saturated rings. The molecular weight excluding hydrogens is 1350 g/mol. The van der Waals surface area contributed by atoms with E-state index < -0.39 is 168 Å². The molecule has 26 nitrogen and oxygen atoms in total. The number of likely N-dealkylation sites (N-methyl/N-ethyl adjacent to an activating group) is 8. The molecule has 0 radical (unpaired) electrons. The molecule has 1 spiro atoms. The van der Waals surface area contributed by atoms with Gasteiger partial charge in [-0.05, 0) is 113 Å². The Morgan fingerprint density at radius 3 is 1.88 bits per heavy atom. The van der Waals surface area contributed by atoms with Crippen molar-refractivity contribution in [1.29, 1.82) is 0 Å². The van der Waals surface area contributed by atoms with E-state index in [4.69, 9.17) is 21.1 Å². The summed E-state index contributed by atoms with van der Waals surface area (Å²) in [5.74, 6) is -7.42. The van der Waals surface area contributed by atoms with E-state index in [-0.39, 0.29) is 81.5 Å². The number of fused-ring (bicyclic) bond motifs is 3. The van der Waals surface area contributed by atoms with Crippen LogP contribution in [-0.4, -0.2) is 295 Å². The molecular formula is C77H129ClN12O14. The average Bonchev–Trinajstić information content (AvgIpc) is 0.894. The van der Waals surface area contributed by atoms with E-state index in [0.29, 0.717) is 63.7 Å². The molecule has 3 aliphatic heterocycles. The molecule has 2 saturated heterocycles. The SMILES string of the molecule is CCC[C@H]1C(=O)N[C@@H]([C@@H](C)CC)C(=O)N(C)CC(=O)N(C)[C@H]2C/C=C\CCN(C2=O)[C@@H](CC2CCC(C)CC2)C(=O)N(C)CC(=O)N[C@@H](CCC2CCC(Cl)C(OC)C2)C(=O)N2C[C@H](OCC)C[C@H]2C(=O)N(C)C2(CC(C)(C)C2)C(=O)N(C)[C@@H](C(CC)CC)C(=O)N(C)[C@H](C(=O)N(C)C)CC(=O)N1C. The summed E-state index contributed by atoms with van der Waals surface area (Å²) in [4.78, 5) is 196. The molecule has 3 heterocycles. The topological polar surface area (TPSA) is 280 Å². The summed E-state index contributed by atoms with van der Waals surface area (Å²) in [6, 6.07) is -9.60. The van der Waals surface area contributed by atoms with Crippen LogP contribution in [0.1, 0.15) is 197 Å². The maximum absolute atomic E-state index is 16.0. The van der Waals surface area contributed by atoms with E-state index in [0.717, 1.165) is 32.1 Å². The molecule has 0 aromatic rings. The minimum absolute atomic E-state index is 0.0255. The molecule has 0 aromatic carbocycles. The van der Waals surface area contributed by atoms with Crippen molar-refractivity contribution >= 4 is 82.5 Å². The Labute approximate surface area is 625 Å². The van der Waals surface area contributed by atoms with E-state index in [9.17, 15) is 28.8 Å². The van der Waals surface area contributed by atoms with Crippen LogP contribution < -0.4 is 10.6 Å². The third-order valence-electron chi connectivity index (χ3n) is 24.0. The fourth-order valence-corrected chi connectivity index (χ4v) is 17.5. The molecule has 6 rings (SSSR count). The Morgan fingerprint density at radius 2 is 1.30 bits per heavy atom. The van der Waals surface area contributed by atoms with Gasteiger partial charge in [0.25, 0.3) is 0 Å². The van der Waals surface area contributed by atoms with Gasteiger partial charge < -0.3 is 69.1 Å². The molecule has 104 heavy (non-hydrogen) atoms. The van der Waals surface area contributed by atoms with Gasteiger partial charge in [0.1, 0.15) is 53.9 Å². The number of hydrogen-bond acceptors (Lipinski definition) is 14. The normalized spacial score (nSPS) is 31.4. The highest BCUT2D eigenvalue weighted by Gasteiger charge is 2.62. The van der Waals surface area contributed by atoms with Crippen LogP contribution in [0, 0.1) is 35.0 Å². The Bertz CT molecular complexity index is 3040. The van der Waals surface area contributed by atoms with Crippen LogP contribution in [0.4, 0.5) is 0 Å². The highest BCUT2D eigenvalue weighted by molar-refractivity contribution is 6.21. The molecule has 3 saturated carbocycles. The number of rotatable bonds is 16. The smallest absolute Gasteiger partial charge is 0.249 e. The van der Waals surface area contributed by atoms with Crippen LogP contribution in [0.25, 0.3) is 0 Å². The van der Waals surface area contributed by atoms with Crippen molar-refractivity contribution < 1.29 is 67.0 Å². The second kappa shape index (κ2) is 38.4. The highest BCUT2D eigenvalue weighted by Crippen LogP contribution is 2.53. The monoisotopic (exact) mass is 1480 g/mol. The van der Waals surface area contributed by atoms with Gasteiger partial charge in [-0.2, -0.15) is 0 Å². The maximum atomic E-state index is 16.0. The molecule has 3 aliphatic carbocycles. The number of hydrogen-bond donors (Lipinski definition) is 2. The van der Waals surface area contributed by atoms with Gasteiger partial charge >= 0.3 is 0 Å². The molecule has 3 unspecified atom stereocenters. The van der Waals surface area contributed by atoms with Gasteiger partial charge in [0, 0.05) is 96.7 Å². The van der Waals surface area contributed by atoms with Gasteiger partial charge in [0.15, 0.2) is 0 Å². The van der Waals surface area contributed by atoms with Crippen molar-refractivity contribution in [3.8, 4) is 0 Å². The molecule has 27 heteroatoms. The Hall–Kier alpha value is -6.41. The molecule has 2 N–H and O–H groups in total. The lowest BCUT2D eigenvalue weighted by atomic mass is 9.57. The molecule has 2 bridgehead atoms. The molecule has 6 aliphatic rings. The predicted octanol–water partition coefficient (Wildman–Crippen LogP) is 5.94. The van der Waals surface area contributed by atoms with Crippen LogP contribution in [0.3, 0.4) is 0 Å². The summed E-state index contributed by atoms with van der Waals surface area (Å²) in [6.07, 6.45) is 11.4. The van der Waals surface area contributed by atoms with Crippen molar-refractivity contribution in [1.82, 2.24) is 59.6 Å². The first kappa shape index (κ1) is 86.5. The number of halogens is 1. The number of amides is 12. The van der Waals surface area contributed by atoms with E-state index in [1.165, 1.54) is 100 Å². The number of alkyl halides is 1. The van der Waals surface area contributed by atoms with Gasteiger partial charge in [-0.25, -0.2) is 0 Å². The zero-order chi connectivity index (χ0) is 77.6. The Kier molecular flexibility index (Phi) is 31.9. The third-order valence-corrected chi connectivity index (χ3v) is 24.5. The summed E-state index contributed by atoms with van der Waals surface area (Å²) in [6.45, 7) is 16.6. The molecule has 12 amide bonds. The summed E-state index contributed by atoms with van der Waals surface area (Å²) < 4.78 is 12.0. The van der Waals surface area contributed by atoms with Gasteiger partial charge in [-0.15, -0.1) is 11.6 Å². The van der Waals surface area contributed by atoms with E-state index in [1.54, 1.807) is 26.0 Å².